The molecule has 0 N–H and O–H groups in total. The summed E-state index contributed by atoms with van der Waals surface area (Å²) in [6, 6.07) is 5.96. The van der Waals surface area contributed by atoms with Crippen LogP contribution < -0.4 is 9.47 Å². The fourth-order valence-corrected chi connectivity index (χ4v) is 7.15. The maximum Gasteiger partial charge on any atom is 0.187 e. The molecule has 1 heterocycles. The predicted octanol–water partition coefficient (Wildman–Crippen LogP) is 3.65. The van der Waals surface area contributed by atoms with Gasteiger partial charge in [-0.1, -0.05) is 34.7 Å². The fourth-order valence-electron chi connectivity index (χ4n) is 3.90. The maximum atomic E-state index is 13.1. The Morgan fingerprint density at radius 2 is 1.91 bits per heavy atom. The molecule has 122 valence electrons. The van der Waals surface area contributed by atoms with E-state index >= 15 is 0 Å². The van der Waals surface area contributed by atoms with Crippen LogP contribution in [-0.2, 0) is 9.53 Å². The van der Waals surface area contributed by atoms with Gasteiger partial charge in [0.05, 0.1) is 20.8 Å². The fraction of sp³-hybridized carbons (Fsp3) is 0.471. The molecule has 3 unspecified atom stereocenters. The van der Waals surface area contributed by atoms with Crippen molar-refractivity contribution in [2.45, 2.75) is 21.4 Å². The van der Waals surface area contributed by atoms with Crippen LogP contribution in [0, 0.1) is 5.92 Å². The largest absolute Gasteiger partial charge is 0.493 e. The number of fused-ring (bicyclic) bond motifs is 1. The Kier molecular flexibility index (Phi) is 3.73. The zero-order valence-electron chi connectivity index (χ0n) is 12.8. The molecule has 4 atom stereocenters. The number of rotatable bonds is 3. The summed E-state index contributed by atoms with van der Waals surface area (Å²) in [7, 11) is 3.26. The molecule has 1 aromatic rings. The third-order valence-corrected chi connectivity index (χ3v) is 7.84. The van der Waals surface area contributed by atoms with Gasteiger partial charge < -0.3 is 14.2 Å². The summed E-state index contributed by atoms with van der Waals surface area (Å²) in [6.07, 6.45) is 3.07. The van der Waals surface area contributed by atoms with Crippen molar-refractivity contribution in [2.75, 3.05) is 20.8 Å². The van der Waals surface area contributed by atoms with Crippen molar-refractivity contribution in [1.82, 2.24) is 0 Å². The van der Waals surface area contributed by atoms with Crippen LogP contribution in [0.4, 0.5) is 0 Å². The first-order valence-electron chi connectivity index (χ1n) is 7.44. The molecule has 1 aromatic carbocycles. The van der Waals surface area contributed by atoms with E-state index in [4.69, 9.17) is 14.2 Å². The van der Waals surface area contributed by atoms with E-state index in [9.17, 15) is 4.79 Å². The van der Waals surface area contributed by atoms with Gasteiger partial charge in [-0.25, -0.2) is 0 Å². The van der Waals surface area contributed by atoms with E-state index in [1.54, 1.807) is 14.2 Å². The number of carbonyl (C=O) groups is 1. The Morgan fingerprint density at radius 3 is 2.52 bits per heavy atom. The van der Waals surface area contributed by atoms with Crippen molar-refractivity contribution in [1.29, 1.82) is 0 Å². The van der Waals surface area contributed by atoms with Crippen LogP contribution >= 0.6 is 45.2 Å². The lowest BCUT2D eigenvalue weighted by atomic mass is 9.61. The van der Waals surface area contributed by atoms with Crippen LogP contribution in [0.1, 0.15) is 17.9 Å². The van der Waals surface area contributed by atoms with Gasteiger partial charge in [-0.05, 0) is 50.3 Å². The molecule has 4 nitrogen and oxygen atoms in total. The van der Waals surface area contributed by atoms with E-state index in [0.717, 1.165) is 12.0 Å². The number of hydrogen-bond donors (Lipinski definition) is 0. The molecule has 0 aromatic heterocycles. The third kappa shape index (κ3) is 2.13. The second-order valence-corrected chi connectivity index (χ2v) is 9.29. The number of hydrogen-bond acceptors (Lipinski definition) is 4. The van der Waals surface area contributed by atoms with Gasteiger partial charge in [0.15, 0.2) is 22.9 Å². The Hall–Kier alpha value is -0.350. The highest BCUT2D eigenvalue weighted by Gasteiger charge is 2.71. The smallest absolute Gasteiger partial charge is 0.187 e. The molecule has 1 aliphatic heterocycles. The molecule has 3 aliphatic carbocycles. The Bertz CT molecular complexity index is 725. The minimum atomic E-state index is -0.543. The SMILES string of the molecule is COc1ccc(C2CC3C(I)=CC2(I)C(=O)[C@]32CO2)cc1OC. The topological polar surface area (TPSA) is 48.1 Å². The van der Waals surface area contributed by atoms with Crippen molar-refractivity contribution < 1.29 is 19.0 Å². The van der Waals surface area contributed by atoms with Crippen LogP contribution in [0.5, 0.6) is 11.5 Å². The summed E-state index contributed by atoms with van der Waals surface area (Å²) in [5, 5.41) is 0. The van der Waals surface area contributed by atoms with E-state index in [1.165, 1.54) is 3.58 Å². The summed E-state index contributed by atoms with van der Waals surface area (Å²) >= 11 is 4.69. The Morgan fingerprint density at radius 1 is 1.22 bits per heavy atom. The van der Waals surface area contributed by atoms with Gasteiger partial charge in [0, 0.05) is 11.8 Å². The second kappa shape index (κ2) is 5.32. The standard InChI is InChI=1S/C17H16I2O4/c1-21-13-4-3-9(5-14(13)22-2)10-6-11-12(18)7-16(10,19)15(20)17(11)8-23-17/h3-5,7,10-11H,6,8H2,1-2H3/t10?,11?,16?,17-/m0/s1. The Labute approximate surface area is 162 Å². The summed E-state index contributed by atoms with van der Waals surface area (Å²) < 4.78 is 17.1. The molecule has 6 heteroatoms. The summed E-state index contributed by atoms with van der Waals surface area (Å²) in [5.74, 6) is 1.95. The monoisotopic (exact) mass is 538 g/mol. The molecule has 2 fully saturated rings. The van der Waals surface area contributed by atoms with E-state index in [1.807, 2.05) is 18.2 Å². The van der Waals surface area contributed by atoms with E-state index in [-0.39, 0.29) is 17.6 Å². The molecule has 23 heavy (non-hydrogen) atoms. The van der Waals surface area contributed by atoms with Crippen molar-refractivity contribution in [3.8, 4) is 11.5 Å². The van der Waals surface area contributed by atoms with Crippen molar-refractivity contribution >= 4 is 51.0 Å². The third-order valence-electron chi connectivity index (χ3n) is 5.22. The van der Waals surface area contributed by atoms with Crippen LogP contribution in [0.2, 0.25) is 0 Å². The molecule has 0 radical (unpaired) electrons. The number of ketones is 1. The van der Waals surface area contributed by atoms with Gasteiger partial charge in [0.2, 0.25) is 0 Å². The molecule has 2 bridgehead atoms. The molecule has 0 amide bonds. The van der Waals surface area contributed by atoms with Crippen LogP contribution in [-0.4, -0.2) is 35.6 Å². The molecular weight excluding hydrogens is 522 g/mol. The summed E-state index contributed by atoms with van der Waals surface area (Å²) in [4.78, 5) is 13.1. The zero-order chi connectivity index (χ0) is 16.4. The number of epoxide rings is 1. The molecule has 4 aliphatic rings. The summed E-state index contributed by atoms with van der Waals surface area (Å²) in [5.41, 5.74) is 0.575. The van der Waals surface area contributed by atoms with Gasteiger partial charge in [-0.3, -0.25) is 4.79 Å². The lowest BCUT2D eigenvalue weighted by Gasteiger charge is -2.48. The number of benzene rings is 1. The van der Waals surface area contributed by atoms with Crippen LogP contribution in [0.25, 0.3) is 0 Å². The molecule has 1 spiro atoms. The quantitative estimate of drug-likeness (QED) is 0.335. The minimum Gasteiger partial charge on any atom is -0.493 e. The zero-order valence-corrected chi connectivity index (χ0v) is 17.1. The minimum absolute atomic E-state index is 0.133. The van der Waals surface area contributed by atoms with Gasteiger partial charge in [-0.2, -0.15) is 0 Å². The molecular formula is C17H16I2O4. The number of carbonyl (C=O) groups excluding carboxylic acids is 1. The van der Waals surface area contributed by atoms with Crippen molar-refractivity contribution in [3.05, 3.63) is 33.4 Å². The summed E-state index contributed by atoms with van der Waals surface area (Å²) in [6.45, 7) is 0.570. The van der Waals surface area contributed by atoms with E-state index in [0.29, 0.717) is 18.1 Å². The molecule has 1 saturated carbocycles. The van der Waals surface area contributed by atoms with Gasteiger partial charge in [0.1, 0.15) is 3.42 Å². The first-order valence-corrected chi connectivity index (χ1v) is 9.60. The highest BCUT2D eigenvalue weighted by Crippen LogP contribution is 2.63. The molecule has 5 rings (SSSR count). The average molecular weight is 538 g/mol. The molecule has 1 saturated heterocycles. The van der Waals surface area contributed by atoms with E-state index in [2.05, 4.69) is 51.3 Å². The van der Waals surface area contributed by atoms with Crippen LogP contribution in [0.15, 0.2) is 27.9 Å². The normalized spacial score (nSPS) is 37.7. The Balaban J connectivity index is 1.79. The lowest BCUT2D eigenvalue weighted by Crippen LogP contribution is -2.57. The number of ether oxygens (including phenoxy) is 3. The average Bonchev–Trinajstić information content (AvgIpc) is 3.33. The highest BCUT2D eigenvalue weighted by molar-refractivity contribution is 14.1. The number of Topliss-reactive ketones (excluding diaryl/α,β-unsaturated/α-hetero) is 1. The predicted molar refractivity (Wildman–Crippen MR) is 103 cm³/mol. The van der Waals surface area contributed by atoms with Crippen molar-refractivity contribution in [3.63, 3.8) is 0 Å². The number of alkyl halides is 1. The van der Waals surface area contributed by atoms with Gasteiger partial charge in [0.25, 0.3) is 0 Å². The first kappa shape index (κ1) is 16.1. The highest BCUT2D eigenvalue weighted by atomic mass is 127. The second-order valence-electron chi connectivity index (χ2n) is 6.26. The van der Waals surface area contributed by atoms with Crippen LogP contribution in [0.3, 0.4) is 0 Å². The number of allylic oxidation sites excluding steroid dienone is 1. The number of methoxy groups -OCH3 is 2. The van der Waals surface area contributed by atoms with Gasteiger partial charge >= 0.3 is 0 Å². The number of halogens is 2. The van der Waals surface area contributed by atoms with E-state index < -0.39 is 9.02 Å². The van der Waals surface area contributed by atoms with Gasteiger partial charge in [-0.15, -0.1) is 0 Å². The maximum absolute atomic E-state index is 13.1. The first-order chi connectivity index (χ1) is 11.0. The lowest BCUT2D eigenvalue weighted by molar-refractivity contribution is -0.130. The van der Waals surface area contributed by atoms with Crippen molar-refractivity contribution in [2.24, 2.45) is 5.92 Å².